The van der Waals surface area contributed by atoms with Gasteiger partial charge in [-0.1, -0.05) is 20.8 Å². The van der Waals surface area contributed by atoms with Crippen LogP contribution in [0.1, 0.15) is 50.0 Å². The first kappa shape index (κ1) is 14.2. The highest BCUT2D eigenvalue weighted by atomic mass is 32.1. The second-order valence-corrected chi connectivity index (χ2v) is 6.64. The lowest BCUT2D eigenvalue weighted by Gasteiger charge is -2.14. The second kappa shape index (κ2) is 5.80. The van der Waals surface area contributed by atoms with Gasteiger partial charge in [0.05, 0.1) is 10.7 Å². The molecule has 0 saturated heterocycles. The molecule has 4 heteroatoms. The summed E-state index contributed by atoms with van der Waals surface area (Å²) in [6.45, 7) is 9.55. The van der Waals surface area contributed by atoms with Gasteiger partial charge in [0.25, 0.3) is 0 Å². The summed E-state index contributed by atoms with van der Waals surface area (Å²) in [5.41, 5.74) is 2.51. The Labute approximate surface area is 119 Å². The van der Waals surface area contributed by atoms with Crippen LogP contribution in [0.15, 0.2) is 29.9 Å². The quantitative estimate of drug-likeness (QED) is 0.925. The number of thiazole rings is 1. The third-order valence-electron chi connectivity index (χ3n) is 2.99. The van der Waals surface area contributed by atoms with Crippen molar-refractivity contribution in [3.05, 3.63) is 46.2 Å². The van der Waals surface area contributed by atoms with Crippen molar-refractivity contribution >= 4 is 11.3 Å². The van der Waals surface area contributed by atoms with Gasteiger partial charge in [-0.2, -0.15) is 0 Å². The van der Waals surface area contributed by atoms with Crippen LogP contribution in [0.5, 0.6) is 0 Å². The molecule has 3 nitrogen and oxygen atoms in total. The highest BCUT2D eigenvalue weighted by molar-refractivity contribution is 7.09. The Bertz CT molecular complexity index is 514. The fourth-order valence-electron chi connectivity index (χ4n) is 1.76. The number of nitrogens with one attached hydrogen (secondary N) is 1. The molecule has 0 aliphatic carbocycles. The number of rotatable bonds is 4. The van der Waals surface area contributed by atoms with Crippen molar-refractivity contribution in [1.82, 2.24) is 15.3 Å². The first-order valence-electron chi connectivity index (χ1n) is 6.55. The maximum absolute atomic E-state index is 4.69. The number of nitrogens with zero attached hydrogens (tertiary/aromatic N) is 2. The van der Waals surface area contributed by atoms with Gasteiger partial charge in [-0.3, -0.25) is 4.98 Å². The molecule has 0 unspecified atom stereocenters. The normalized spacial score (nSPS) is 13.5. The molecule has 0 radical (unpaired) electrons. The van der Waals surface area contributed by atoms with E-state index in [1.54, 1.807) is 11.3 Å². The van der Waals surface area contributed by atoms with Crippen LogP contribution in [0.2, 0.25) is 0 Å². The van der Waals surface area contributed by atoms with Crippen LogP contribution in [-0.4, -0.2) is 9.97 Å². The molecule has 0 amide bonds. The summed E-state index contributed by atoms with van der Waals surface area (Å²) in [6.07, 6.45) is 3.65. The molecular formula is C15H21N3S. The Morgan fingerprint density at radius 2 is 1.95 bits per heavy atom. The van der Waals surface area contributed by atoms with Gasteiger partial charge < -0.3 is 5.32 Å². The van der Waals surface area contributed by atoms with E-state index in [2.05, 4.69) is 43.4 Å². The van der Waals surface area contributed by atoms with Crippen LogP contribution in [0.4, 0.5) is 0 Å². The van der Waals surface area contributed by atoms with Gasteiger partial charge in [0.15, 0.2) is 0 Å². The van der Waals surface area contributed by atoms with E-state index >= 15 is 0 Å². The summed E-state index contributed by atoms with van der Waals surface area (Å²) in [7, 11) is 0. The number of pyridine rings is 1. The van der Waals surface area contributed by atoms with E-state index in [1.165, 1.54) is 10.6 Å². The molecule has 0 aliphatic heterocycles. The van der Waals surface area contributed by atoms with E-state index in [0.717, 1.165) is 12.2 Å². The fraction of sp³-hybridized carbons (Fsp3) is 0.467. The van der Waals surface area contributed by atoms with Crippen molar-refractivity contribution in [2.75, 3.05) is 0 Å². The number of hydrogen-bond acceptors (Lipinski definition) is 4. The van der Waals surface area contributed by atoms with E-state index in [1.807, 2.05) is 24.5 Å². The van der Waals surface area contributed by atoms with Gasteiger partial charge in [-0.15, -0.1) is 11.3 Å². The van der Waals surface area contributed by atoms with Crippen LogP contribution < -0.4 is 5.32 Å². The zero-order chi connectivity index (χ0) is 13.9. The first-order chi connectivity index (χ1) is 8.97. The summed E-state index contributed by atoms with van der Waals surface area (Å²) < 4.78 is 0. The smallest absolute Gasteiger partial charge is 0.0982 e. The van der Waals surface area contributed by atoms with Crippen LogP contribution in [-0.2, 0) is 12.0 Å². The Kier molecular flexibility index (Phi) is 4.32. The predicted molar refractivity (Wildman–Crippen MR) is 80.3 cm³/mol. The van der Waals surface area contributed by atoms with Crippen molar-refractivity contribution in [2.45, 2.75) is 45.7 Å². The Morgan fingerprint density at radius 3 is 2.53 bits per heavy atom. The molecule has 0 saturated carbocycles. The molecule has 2 rings (SSSR count). The summed E-state index contributed by atoms with van der Waals surface area (Å²) >= 11 is 1.74. The van der Waals surface area contributed by atoms with Gasteiger partial charge in [0.2, 0.25) is 0 Å². The first-order valence-corrected chi connectivity index (χ1v) is 7.43. The SMILES string of the molecule is C[C@H](NCc1csc(C(C)(C)C)n1)c1ccncc1. The van der Waals surface area contributed by atoms with Crippen molar-refractivity contribution in [1.29, 1.82) is 0 Å². The Morgan fingerprint density at radius 1 is 1.26 bits per heavy atom. The summed E-state index contributed by atoms with van der Waals surface area (Å²) in [4.78, 5) is 8.73. The minimum Gasteiger partial charge on any atom is -0.305 e. The molecule has 2 aromatic heterocycles. The second-order valence-electron chi connectivity index (χ2n) is 5.78. The molecule has 2 aromatic rings. The van der Waals surface area contributed by atoms with Crippen molar-refractivity contribution in [3.8, 4) is 0 Å². The topological polar surface area (TPSA) is 37.8 Å². The van der Waals surface area contributed by atoms with E-state index in [4.69, 9.17) is 4.98 Å². The van der Waals surface area contributed by atoms with Gasteiger partial charge >= 0.3 is 0 Å². The van der Waals surface area contributed by atoms with Crippen molar-refractivity contribution in [2.24, 2.45) is 0 Å². The minimum absolute atomic E-state index is 0.139. The van der Waals surface area contributed by atoms with Crippen LogP contribution in [0.25, 0.3) is 0 Å². The average Bonchev–Trinajstić information content (AvgIpc) is 2.86. The van der Waals surface area contributed by atoms with Crippen molar-refractivity contribution in [3.63, 3.8) is 0 Å². The fourth-order valence-corrected chi connectivity index (χ4v) is 2.67. The van der Waals surface area contributed by atoms with E-state index < -0.39 is 0 Å². The van der Waals surface area contributed by atoms with Gasteiger partial charge in [0.1, 0.15) is 0 Å². The minimum atomic E-state index is 0.139. The molecule has 102 valence electrons. The van der Waals surface area contributed by atoms with Crippen LogP contribution in [0.3, 0.4) is 0 Å². The summed E-state index contributed by atoms with van der Waals surface area (Å²) in [5, 5.41) is 6.84. The predicted octanol–water partition coefficient (Wildman–Crippen LogP) is 3.69. The number of hydrogen-bond donors (Lipinski definition) is 1. The van der Waals surface area contributed by atoms with E-state index in [9.17, 15) is 0 Å². The summed E-state index contributed by atoms with van der Waals surface area (Å²) in [5.74, 6) is 0. The Hall–Kier alpha value is -1.26. The molecular weight excluding hydrogens is 254 g/mol. The zero-order valence-corrected chi connectivity index (χ0v) is 12.8. The molecule has 0 bridgehead atoms. The lowest BCUT2D eigenvalue weighted by molar-refractivity contribution is 0.556. The standard InChI is InChI=1S/C15H21N3S/c1-11(12-5-7-16-8-6-12)17-9-13-10-19-14(18-13)15(2,3)4/h5-8,10-11,17H,9H2,1-4H3/t11-/m0/s1. The van der Waals surface area contributed by atoms with Gasteiger partial charge in [-0.25, -0.2) is 4.98 Å². The van der Waals surface area contributed by atoms with E-state index in [-0.39, 0.29) is 5.41 Å². The van der Waals surface area contributed by atoms with Gasteiger partial charge in [0, 0.05) is 35.8 Å². The highest BCUT2D eigenvalue weighted by Crippen LogP contribution is 2.25. The Balaban J connectivity index is 1.94. The molecule has 0 aromatic carbocycles. The van der Waals surface area contributed by atoms with E-state index in [0.29, 0.717) is 6.04 Å². The molecule has 0 fully saturated rings. The molecule has 1 N–H and O–H groups in total. The maximum Gasteiger partial charge on any atom is 0.0982 e. The maximum atomic E-state index is 4.69. The lowest BCUT2D eigenvalue weighted by Crippen LogP contribution is -2.18. The zero-order valence-electron chi connectivity index (χ0n) is 12.0. The molecule has 0 aliphatic rings. The molecule has 19 heavy (non-hydrogen) atoms. The third kappa shape index (κ3) is 3.85. The van der Waals surface area contributed by atoms with Crippen LogP contribution >= 0.6 is 11.3 Å². The lowest BCUT2D eigenvalue weighted by atomic mass is 9.98. The molecule has 1 atom stereocenters. The largest absolute Gasteiger partial charge is 0.305 e. The highest BCUT2D eigenvalue weighted by Gasteiger charge is 2.18. The molecule has 2 heterocycles. The van der Waals surface area contributed by atoms with Crippen LogP contribution in [0, 0.1) is 0 Å². The van der Waals surface area contributed by atoms with Crippen molar-refractivity contribution < 1.29 is 0 Å². The average molecular weight is 275 g/mol. The monoisotopic (exact) mass is 275 g/mol. The molecule has 0 spiro atoms. The summed E-state index contributed by atoms with van der Waals surface area (Å²) in [6, 6.07) is 4.39. The number of aromatic nitrogens is 2. The van der Waals surface area contributed by atoms with Gasteiger partial charge in [-0.05, 0) is 24.6 Å². The third-order valence-corrected chi connectivity index (χ3v) is 4.31.